The molecule has 2 atom stereocenters. The van der Waals surface area contributed by atoms with Crippen LogP contribution in [0.3, 0.4) is 0 Å². The van der Waals surface area contributed by atoms with E-state index in [0.717, 1.165) is 17.8 Å². The number of hydrogen-bond acceptors (Lipinski definition) is 3. The van der Waals surface area contributed by atoms with Gasteiger partial charge in [-0.15, -0.1) is 0 Å². The molecule has 1 aromatic carbocycles. The maximum Gasteiger partial charge on any atom is 0.0701 e. The second kappa shape index (κ2) is 6.37. The van der Waals surface area contributed by atoms with E-state index in [1.807, 2.05) is 24.4 Å². The third-order valence-corrected chi connectivity index (χ3v) is 4.50. The first-order valence-corrected chi connectivity index (χ1v) is 7.73. The molecule has 110 valence electrons. The van der Waals surface area contributed by atoms with Crippen molar-refractivity contribution in [2.75, 3.05) is 13.6 Å². The second-order valence-corrected chi connectivity index (χ2v) is 5.91. The van der Waals surface area contributed by atoms with Gasteiger partial charge in [-0.2, -0.15) is 0 Å². The van der Waals surface area contributed by atoms with E-state index in [2.05, 4.69) is 41.2 Å². The number of likely N-dealkylation sites (N-methyl/N-ethyl adjacent to an activating group) is 1. The van der Waals surface area contributed by atoms with Crippen LogP contribution in [0.1, 0.15) is 30.9 Å². The molecular formula is C18H23N3. The predicted molar refractivity (Wildman–Crippen MR) is 86.9 cm³/mol. The van der Waals surface area contributed by atoms with Gasteiger partial charge in [0.1, 0.15) is 0 Å². The summed E-state index contributed by atoms with van der Waals surface area (Å²) < 4.78 is 0. The number of benzene rings is 1. The van der Waals surface area contributed by atoms with Crippen LogP contribution < -0.4 is 5.73 Å². The van der Waals surface area contributed by atoms with Gasteiger partial charge >= 0.3 is 0 Å². The van der Waals surface area contributed by atoms with Gasteiger partial charge in [-0.3, -0.25) is 4.98 Å². The number of rotatable bonds is 3. The smallest absolute Gasteiger partial charge is 0.0701 e. The van der Waals surface area contributed by atoms with Crippen molar-refractivity contribution in [3.8, 4) is 11.3 Å². The zero-order valence-corrected chi connectivity index (χ0v) is 12.6. The van der Waals surface area contributed by atoms with Crippen molar-refractivity contribution >= 4 is 0 Å². The van der Waals surface area contributed by atoms with E-state index in [-0.39, 0.29) is 6.04 Å². The van der Waals surface area contributed by atoms with Gasteiger partial charge in [-0.25, -0.2) is 0 Å². The van der Waals surface area contributed by atoms with Crippen molar-refractivity contribution in [2.24, 2.45) is 5.73 Å². The Morgan fingerprint density at radius 2 is 1.95 bits per heavy atom. The number of nitrogens with zero attached hydrogens (tertiary/aromatic N) is 2. The molecule has 2 N–H and O–H groups in total. The number of hydrogen-bond donors (Lipinski definition) is 1. The molecule has 0 radical (unpaired) electrons. The van der Waals surface area contributed by atoms with Gasteiger partial charge < -0.3 is 10.6 Å². The third kappa shape index (κ3) is 3.14. The van der Waals surface area contributed by atoms with Gasteiger partial charge in [0.05, 0.1) is 5.69 Å². The number of aromatic nitrogens is 1. The van der Waals surface area contributed by atoms with Gasteiger partial charge in [-0.05, 0) is 44.1 Å². The van der Waals surface area contributed by atoms with E-state index in [1.165, 1.54) is 24.8 Å². The third-order valence-electron chi connectivity index (χ3n) is 4.50. The predicted octanol–water partition coefficient (Wildman–Crippen LogP) is 3.23. The van der Waals surface area contributed by atoms with Crippen LogP contribution in [-0.4, -0.2) is 29.5 Å². The summed E-state index contributed by atoms with van der Waals surface area (Å²) >= 11 is 0. The normalized spacial score (nSPS) is 21.1. The Kier molecular flexibility index (Phi) is 4.32. The van der Waals surface area contributed by atoms with Gasteiger partial charge in [0.2, 0.25) is 0 Å². The van der Waals surface area contributed by atoms with Crippen LogP contribution in [0.2, 0.25) is 0 Å². The molecule has 2 aromatic rings. The zero-order valence-electron chi connectivity index (χ0n) is 12.6. The van der Waals surface area contributed by atoms with Crippen LogP contribution in [0.4, 0.5) is 0 Å². The van der Waals surface area contributed by atoms with Crippen molar-refractivity contribution in [1.82, 2.24) is 9.88 Å². The lowest BCUT2D eigenvalue weighted by Crippen LogP contribution is -2.43. The van der Waals surface area contributed by atoms with E-state index < -0.39 is 0 Å². The number of pyridine rings is 1. The molecule has 3 nitrogen and oxygen atoms in total. The molecule has 0 saturated carbocycles. The molecule has 0 bridgehead atoms. The van der Waals surface area contributed by atoms with Crippen LogP contribution in [0.25, 0.3) is 11.3 Å². The molecule has 1 fully saturated rings. The van der Waals surface area contributed by atoms with Crippen molar-refractivity contribution in [3.05, 3.63) is 54.2 Å². The van der Waals surface area contributed by atoms with Crippen LogP contribution in [0.15, 0.2) is 48.7 Å². The second-order valence-electron chi connectivity index (χ2n) is 5.91. The van der Waals surface area contributed by atoms with E-state index in [9.17, 15) is 0 Å². The maximum atomic E-state index is 6.49. The Morgan fingerprint density at radius 1 is 1.14 bits per heavy atom. The molecule has 2 heterocycles. The molecule has 0 unspecified atom stereocenters. The van der Waals surface area contributed by atoms with Crippen molar-refractivity contribution in [3.63, 3.8) is 0 Å². The summed E-state index contributed by atoms with van der Waals surface area (Å²) in [6.07, 6.45) is 5.60. The molecule has 1 aliphatic heterocycles. The number of likely N-dealkylation sites (tertiary alicyclic amines) is 1. The minimum absolute atomic E-state index is 0.0908. The van der Waals surface area contributed by atoms with Gasteiger partial charge in [0.15, 0.2) is 0 Å². The van der Waals surface area contributed by atoms with E-state index in [1.54, 1.807) is 0 Å². The molecule has 0 amide bonds. The SMILES string of the molecule is CN1CCCC[C@H]1[C@@H](N)c1ccc(-c2ccccn2)cc1. The molecule has 1 aromatic heterocycles. The fourth-order valence-corrected chi connectivity index (χ4v) is 3.19. The zero-order chi connectivity index (χ0) is 14.7. The standard InChI is InChI=1S/C18H23N3/c1-21-13-5-3-7-17(21)18(19)15-10-8-14(9-11-15)16-6-2-4-12-20-16/h2,4,6,8-12,17-18H,3,5,7,13,19H2,1H3/t17-,18-/m0/s1. The minimum Gasteiger partial charge on any atom is -0.323 e. The Labute approximate surface area is 126 Å². The monoisotopic (exact) mass is 281 g/mol. The molecule has 3 rings (SSSR count). The lowest BCUT2D eigenvalue weighted by Gasteiger charge is -2.36. The summed E-state index contributed by atoms with van der Waals surface area (Å²) in [5.41, 5.74) is 9.86. The molecule has 1 saturated heterocycles. The van der Waals surface area contributed by atoms with Crippen LogP contribution >= 0.6 is 0 Å². The molecule has 21 heavy (non-hydrogen) atoms. The first kappa shape index (κ1) is 14.2. The summed E-state index contributed by atoms with van der Waals surface area (Å²) in [6, 6.07) is 15.1. The van der Waals surface area contributed by atoms with E-state index in [4.69, 9.17) is 5.73 Å². The highest BCUT2D eigenvalue weighted by molar-refractivity contribution is 5.59. The van der Waals surface area contributed by atoms with E-state index in [0.29, 0.717) is 6.04 Å². The summed E-state index contributed by atoms with van der Waals surface area (Å²) in [4.78, 5) is 6.79. The van der Waals surface area contributed by atoms with Crippen molar-refractivity contribution < 1.29 is 0 Å². The average molecular weight is 281 g/mol. The average Bonchev–Trinajstić information content (AvgIpc) is 2.56. The summed E-state index contributed by atoms with van der Waals surface area (Å²) in [6.45, 7) is 1.16. The Morgan fingerprint density at radius 3 is 2.62 bits per heavy atom. The Balaban J connectivity index is 1.77. The summed E-state index contributed by atoms with van der Waals surface area (Å²) in [5, 5.41) is 0. The van der Waals surface area contributed by atoms with Gasteiger partial charge in [0, 0.05) is 23.8 Å². The molecule has 1 aliphatic rings. The van der Waals surface area contributed by atoms with Crippen LogP contribution in [0.5, 0.6) is 0 Å². The first-order chi connectivity index (χ1) is 10.3. The maximum absolute atomic E-state index is 6.49. The highest BCUT2D eigenvalue weighted by Crippen LogP contribution is 2.27. The Bertz CT molecular complexity index is 565. The first-order valence-electron chi connectivity index (χ1n) is 7.73. The number of piperidine rings is 1. The highest BCUT2D eigenvalue weighted by Gasteiger charge is 2.25. The molecule has 0 aliphatic carbocycles. The topological polar surface area (TPSA) is 42.1 Å². The fraction of sp³-hybridized carbons (Fsp3) is 0.389. The molecular weight excluding hydrogens is 258 g/mol. The lowest BCUT2D eigenvalue weighted by molar-refractivity contribution is 0.160. The highest BCUT2D eigenvalue weighted by atomic mass is 15.1. The summed E-state index contributed by atoms with van der Waals surface area (Å²) in [5.74, 6) is 0. The van der Waals surface area contributed by atoms with E-state index >= 15 is 0 Å². The summed E-state index contributed by atoms with van der Waals surface area (Å²) in [7, 11) is 2.19. The largest absolute Gasteiger partial charge is 0.323 e. The van der Waals surface area contributed by atoms with Crippen LogP contribution in [-0.2, 0) is 0 Å². The Hall–Kier alpha value is -1.71. The number of nitrogens with two attached hydrogens (primary N) is 1. The van der Waals surface area contributed by atoms with Crippen molar-refractivity contribution in [1.29, 1.82) is 0 Å². The van der Waals surface area contributed by atoms with Gasteiger partial charge in [-0.1, -0.05) is 36.8 Å². The molecule has 3 heteroatoms. The lowest BCUT2D eigenvalue weighted by atomic mass is 9.91. The van der Waals surface area contributed by atoms with Crippen molar-refractivity contribution in [2.45, 2.75) is 31.3 Å². The fourth-order valence-electron chi connectivity index (χ4n) is 3.19. The molecule has 0 spiro atoms. The van der Waals surface area contributed by atoms with Gasteiger partial charge in [0.25, 0.3) is 0 Å². The minimum atomic E-state index is 0.0908. The quantitative estimate of drug-likeness (QED) is 0.939. The van der Waals surface area contributed by atoms with Crippen LogP contribution in [0, 0.1) is 0 Å².